The molecular formula is C15H16N2O3. The third-order valence-corrected chi connectivity index (χ3v) is 2.95. The second-order valence-corrected chi connectivity index (χ2v) is 4.24. The lowest BCUT2D eigenvalue weighted by molar-refractivity contribution is 0.0517. The summed E-state index contributed by atoms with van der Waals surface area (Å²) in [5, 5.41) is 4.14. The first-order chi connectivity index (χ1) is 9.69. The van der Waals surface area contributed by atoms with Gasteiger partial charge in [0.15, 0.2) is 12.0 Å². The average molecular weight is 272 g/mol. The first-order valence-electron chi connectivity index (χ1n) is 6.50. The van der Waals surface area contributed by atoms with E-state index < -0.39 is 5.97 Å². The van der Waals surface area contributed by atoms with Gasteiger partial charge in [-0.3, -0.25) is 4.79 Å². The van der Waals surface area contributed by atoms with Gasteiger partial charge in [-0.1, -0.05) is 19.1 Å². The highest BCUT2D eigenvalue weighted by atomic mass is 16.5. The summed E-state index contributed by atoms with van der Waals surface area (Å²) >= 11 is 0. The second kappa shape index (κ2) is 6.14. The van der Waals surface area contributed by atoms with Crippen molar-refractivity contribution < 1.29 is 14.3 Å². The lowest BCUT2D eigenvalue weighted by Gasteiger charge is -2.02. The molecule has 0 N–H and O–H groups in total. The standard InChI is InChI=1S/C15H16N2O3/c1-3-11-5-7-13(8-6-11)17-9-12(10-18)14(16-17)15(19)20-4-2/h5-10H,3-4H2,1-2H3. The largest absolute Gasteiger partial charge is 0.461 e. The third-order valence-electron chi connectivity index (χ3n) is 2.95. The van der Waals surface area contributed by atoms with Crippen molar-refractivity contribution in [2.45, 2.75) is 20.3 Å². The van der Waals surface area contributed by atoms with Crippen LogP contribution in [0.4, 0.5) is 0 Å². The number of rotatable bonds is 5. The van der Waals surface area contributed by atoms with Crippen molar-refractivity contribution in [3.63, 3.8) is 0 Å². The lowest BCUT2D eigenvalue weighted by atomic mass is 10.1. The molecule has 1 aromatic carbocycles. The molecule has 5 nitrogen and oxygen atoms in total. The minimum absolute atomic E-state index is 0.0430. The maximum atomic E-state index is 11.7. The van der Waals surface area contributed by atoms with Crippen LogP contribution in [0.2, 0.25) is 0 Å². The van der Waals surface area contributed by atoms with Crippen molar-refractivity contribution in [2.24, 2.45) is 0 Å². The van der Waals surface area contributed by atoms with Crippen molar-refractivity contribution in [3.05, 3.63) is 47.3 Å². The molecule has 0 spiro atoms. The van der Waals surface area contributed by atoms with Crippen LogP contribution in [-0.4, -0.2) is 28.6 Å². The normalized spacial score (nSPS) is 10.3. The molecule has 0 saturated heterocycles. The molecule has 0 aliphatic rings. The van der Waals surface area contributed by atoms with E-state index in [1.807, 2.05) is 24.3 Å². The van der Waals surface area contributed by atoms with Crippen molar-refractivity contribution in [2.75, 3.05) is 6.61 Å². The molecule has 5 heteroatoms. The van der Waals surface area contributed by atoms with Gasteiger partial charge < -0.3 is 4.74 Å². The Morgan fingerprint density at radius 3 is 2.55 bits per heavy atom. The molecule has 0 aliphatic heterocycles. The third kappa shape index (κ3) is 2.77. The van der Waals surface area contributed by atoms with Gasteiger partial charge in [0.1, 0.15) is 0 Å². The lowest BCUT2D eigenvalue weighted by Crippen LogP contribution is -2.08. The topological polar surface area (TPSA) is 61.2 Å². The van der Waals surface area contributed by atoms with Gasteiger partial charge in [0.05, 0.1) is 17.9 Å². The van der Waals surface area contributed by atoms with Crippen molar-refractivity contribution in [1.29, 1.82) is 0 Å². The van der Waals surface area contributed by atoms with Gasteiger partial charge in [-0.25, -0.2) is 9.48 Å². The Morgan fingerprint density at radius 2 is 2.00 bits per heavy atom. The van der Waals surface area contributed by atoms with E-state index in [0.717, 1.165) is 12.1 Å². The van der Waals surface area contributed by atoms with E-state index in [2.05, 4.69) is 12.0 Å². The van der Waals surface area contributed by atoms with E-state index in [4.69, 9.17) is 4.74 Å². The van der Waals surface area contributed by atoms with Crippen molar-refractivity contribution in [3.8, 4) is 5.69 Å². The fraction of sp³-hybridized carbons (Fsp3) is 0.267. The fourth-order valence-corrected chi connectivity index (χ4v) is 1.85. The molecule has 0 fully saturated rings. The minimum Gasteiger partial charge on any atom is -0.461 e. The predicted octanol–water partition coefficient (Wildman–Crippen LogP) is 2.42. The summed E-state index contributed by atoms with van der Waals surface area (Å²) in [6.07, 6.45) is 3.09. The number of hydrogen-bond acceptors (Lipinski definition) is 4. The van der Waals surface area contributed by atoms with Crippen LogP contribution in [0.3, 0.4) is 0 Å². The van der Waals surface area contributed by atoms with E-state index in [1.54, 1.807) is 6.92 Å². The van der Waals surface area contributed by atoms with E-state index in [-0.39, 0.29) is 17.9 Å². The van der Waals surface area contributed by atoms with Gasteiger partial charge >= 0.3 is 5.97 Å². The van der Waals surface area contributed by atoms with Crippen molar-refractivity contribution >= 4 is 12.3 Å². The zero-order valence-electron chi connectivity index (χ0n) is 11.5. The second-order valence-electron chi connectivity index (χ2n) is 4.24. The number of ether oxygens (including phenoxy) is 1. The van der Waals surface area contributed by atoms with E-state index in [9.17, 15) is 9.59 Å². The van der Waals surface area contributed by atoms with Gasteiger partial charge in [-0.2, -0.15) is 5.10 Å². The maximum Gasteiger partial charge on any atom is 0.359 e. The van der Waals surface area contributed by atoms with Crippen LogP contribution < -0.4 is 0 Å². The first kappa shape index (κ1) is 14.0. The molecule has 0 bridgehead atoms. The highest BCUT2D eigenvalue weighted by Gasteiger charge is 2.18. The maximum absolute atomic E-state index is 11.7. The first-order valence-corrected chi connectivity index (χ1v) is 6.50. The zero-order valence-corrected chi connectivity index (χ0v) is 11.5. The SMILES string of the molecule is CCOC(=O)c1nn(-c2ccc(CC)cc2)cc1C=O. The Labute approximate surface area is 117 Å². The summed E-state index contributed by atoms with van der Waals surface area (Å²) in [5.74, 6) is -0.585. The minimum atomic E-state index is -0.585. The summed E-state index contributed by atoms with van der Waals surface area (Å²) in [4.78, 5) is 22.7. The summed E-state index contributed by atoms with van der Waals surface area (Å²) < 4.78 is 6.39. The highest BCUT2D eigenvalue weighted by molar-refractivity contribution is 5.96. The monoisotopic (exact) mass is 272 g/mol. The summed E-state index contributed by atoms with van der Waals surface area (Å²) in [7, 11) is 0. The average Bonchev–Trinajstić information content (AvgIpc) is 2.92. The van der Waals surface area contributed by atoms with Crippen LogP contribution >= 0.6 is 0 Å². The quantitative estimate of drug-likeness (QED) is 0.619. The Hall–Kier alpha value is -2.43. The van der Waals surface area contributed by atoms with Crippen LogP contribution in [0.15, 0.2) is 30.5 Å². The van der Waals surface area contributed by atoms with Gasteiger partial charge in [-0.05, 0) is 31.0 Å². The van der Waals surface area contributed by atoms with Crippen LogP contribution in [0, 0.1) is 0 Å². The molecule has 104 valence electrons. The van der Waals surface area contributed by atoms with Gasteiger partial charge in [-0.15, -0.1) is 0 Å². The molecule has 0 saturated carbocycles. The summed E-state index contributed by atoms with van der Waals surface area (Å²) in [6.45, 7) is 4.03. The number of aryl methyl sites for hydroxylation is 1. The van der Waals surface area contributed by atoms with Crippen LogP contribution in [-0.2, 0) is 11.2 Å². The van der Waals surface area contributed by atoms with Gasteiger partial charge in [0, 0.05) is 6.20 Å². The van der Waals surface area contributed by atoms with Gasteiger partial charge in [0.25, 0.3) is 0 Å². The molecule has 0 radical (unpaired) electrons. The Balaban J connectivity index is 2.37. The number of carbonyl (C=O) groups is 2. The van der Waals surface area contributed by atoms with E-state index >= 15 is 0 Å². The summed E-state index contributed by atoms with van der Waals surface area (Å²) in [5.41, 5.74) is 2.27. The molecule has 1 aromatic heterocycles. The summed E-state index contributed by atoms with van der Waals surface area (Å²) in [6, 6.07) is 7.77. The molecule has 20 heavy (non-hydrogen) atoms. The van der Waals surface area contributed by atoms with Crippen LogP contribution in [0.5, 0.6) is 0 Å². The highest BCUT2D eigenvalue weighted by Crippen LogP contribution is 2.13. The van der Waals surface area contributed by atoms with Crippen LogP contribution in [0.1, 0.15) is 40.3 Å². The number of aldehydes is 1. The van der Waals surface area contributed by atoms with E-state index in [0.29, 0.717) is 6.29 Å². The number of hydrogen-bond donors (Lipinski definition) is 0. The molecule has 2 rings (SSSR count). The van der Waals surface area contributed by atoms with Gasteiger partial charge in [0.2, 0.25) is 0 Å². The number of benzene rings is 1. The Kier molecular flexibility index (Phi) is 4.30. The smallest absolute Gasteiger partial charge is 0.359 e. The molecule has 1 heterocycles. The zero-order chi connectivity index (χ0) is 14.5. The van der Waals surface area contributed by atoms with E-state index in [1.165, 1.54) is 16.4 Å². The molecule has 0 atom stereocenters. The Bertz CT molecular complexity index is 615. The fourth-order valence-electron chi connectivity index (χ4n) is 1.85. The molecule has 2 aromatic rings. The molecular weight excluding hydrogens is 256 g/mol. The predicted molar refractivity (Wildman–Crippen MR) is 74.3 cm³/mol. The Morgan fingerprint density at radius 1 is 1.30 bits per heavy atom. The van der Waals surface area contributed by atoms with Crippen LogP contribution in [0.25, 0.3) is 5.69 Å². The number of aromatic nitrogens is 2. The number of nitrogens with zero attached hydrogens (tertiary/aromatic N) is 2. The molecule has 0 unspecified atom stereocenters. The molecule has 0 aliphatic carbocycles. The number of esters is 1. The van der Waals surface area contributed by atoms with Crippen molar-refractivity contribution in [1.82, 2.24) is 9.78 Å². The molecule has 0 amide bonds. The number of carbonyl (C=O) groups excluding carboxylic acids is 2.